The Labute approximate surface area is 156 Å². The number of fused-ring (bicyclic) bond motifs is 1. The number of para-hydroxylation sites is 1. The SMILES string of the molecule is O=C(NCC1CCN(c2ncc(F)cn2)CC1)c1cccc2c1OCCO2. The zero-order valence-corrected chi connectivity index (χ0v) is 14.9. The molecule has 1 saturated heterocycles. The first-order valence-electron chi connectivity index (χ1n) is 9.10. The Kier molecular flexibility index (Phi) is 5.04. The van der Waals surface area contributed by atoms with Crippen molar-refractivity contribution in [2.75, 3.05) is 37.7 Å². The zero-order chi connectivity index (χ0) is 18.6. The standard InChI is InChI=1S/C19H21FN4O3/c20-14-11-22-19(23-12-14)24-6-4-13(5-7-24)10-21-18(25)15-2-1-3-16-17(15)27-9-8-26-16/h1-3,11-13H,4-10H2,(H,21,25). The lowest BCUT2D eigenvalue weighted by Crippen LogP contribution is -2.39. The summed E-state index contributed by atoms with van der Waals surface area (Å²) in [5, 5.41) is 3.01. The molecule has 142 valence electrons. The van der Waals surface area contributed by atoms with E-state index in [2.05, 4.69) is 15.3 Å². The lowest BCUT2D eigenvalue weighted by molar-refractivity contribution is 0.0934. The molecule has 0 aliphatic carbocycles. The topological polar surface area (TPSA) is 76.6 Å². The predicted octanol–water partition coefficient (Wildman–Crippen LogP) is 2.03. The van der Waals surface area contributed by atoms with Crippen LogP contribution in [-0.4, -0.2) is 48.7 Å². The molecule has 2 aromatic rings. The van der Waals surface area contributed by atoms with Gasteiger partial charge in [-0.1, -0.05) is 6.07 Å². The van der Waals surface area contributed by atoms with Crippen LogP contribution in [0.15, 0.2) is 30.6 Å². The first-order valence-corrected chi connectivity index (χ1v) is 9.10. The molecule has 0 bridgehead atoms. The number of nitrogens with one attached hydrogen (secondary N) is 1. The molecule has 1 amide bonds. The summed E-state index contributed by atoms with van der Waals surface area (Å²) in [6.07, 6.45) is 4.18. The molecule has 8 heteroatoms. The second-order valence-electron chi connectivity index (χ2n) is 6.67. The van der Waals surface area contributed by atoms with Crippen LogP contribution in [0.25, 0.3) is 0 Å². The average Bonchev–Trinajstić information content (AvgIpc) is 2.72. The van der Waals surface area contributed by atoms with E-state index in [0.29, 0.717) is 48.7 Å². The third-order valence-corrected chi connectivity index (χ3v) is 4.87. The van der Waals surface area contributed by atoms with Gasteiger partial charge in [0.05, 0.1) is 18.0 Å². The molecule has 0 atom stereocenters. The van der Waals surface area contributed by atoms with Crippen molar-refractivity contribution in [1.82, 2.24) is 15.3 Å². The highest BCUT2D eigenvalue weighted by molar-refractivity contribution is 5.97. The van der Waals surface area contributed by atoms with Crippen molar-refractivity contribution in [1.29, 1.82) is 0 Å². The summed E-state index contributed by atoms with van der Waals surface area (Å²) in [5.41, 5.74) is 0.504. The van der Waals surface area contributed by atoms with Gasteiger partial charge in [-0.25, -0.2) is 14.4 Å². The summed E-state index contributed by atoms with van der Waals surface area (Å²) < 4.78 is 24.1. The Bertz CT molecular complexity index is 807. The quantitative estimate of drug-likeness (QED) is 0.885. The Morgan fingerprint density at radius 2 is 1.93 bits per heavy atom. The number of hydrogen-bond acceptors (Lipinski definition) is 6. The van der Waals surface area contributed by atoms with E-state index in [4.69, 9.17) is 9.47 Å². The number of rotatable bonds is 4. The van der Waals surface area contributed by atoms with Gasteiger partial charge >= 0.3 is 0 Å². The van der Waals surface area contributed by atoms with Crippen LogP contribution in [0.5, 0.6) is 11.5 Å². The number of ether oxygens (including phenoxy) is 2. The van der Waals surface area contributed by atoms with Gasteiger partial charge in [0.1, 0.15) is 13.2 Å². The monoisotopic (exact) mass is 372 g/mol. The van der Waals surface area contributed by atoms with Crippen LogP contribution in [0.3, 0.4) is 0 Å². The van der Waals surface area contributed by atoms with Gasteiger partial charge in [-0.05, 0) is 30.9 Å². The molecule has 0 radical (unpaired) electrons. The number of amides is 1. The summed E-state index contributed by atoms with van der Waals surface area (Å²) in [4.78, 5) is 22.7. The van der Waals surface area contributed by atoms with E-state index in [1.165, 1.54) is 12.4 Å². The maximum Gasteiger partial charge on any atom is 0.255 e. The minimum atomic E-state index is -0.436. The fraction of sp³-hybridized carbons (Fsp3) is 0.421. The molecule has 2 aliphatic heterocycles. The number of carbonyl (C=O) groups is 1. The molecule has 4 rings (SSSR count). The molecular formula is C19H21FN4O3. The summed E-state index contributed by atoms with van der Waals surface area (Å²) in [6.45, 7) is 3.10. The summed E-state index contributed by atoms with van der Waals surface area (Å²) in [6, 6.07) is 5.35. The maximum atomic E-state index is 12.9. The first kappa shape index (κ1) is 17.5. The van der Waals surface area contributed by atoms with Crippen molar-refractivity contribution in [2.45, 2.75) is 12.8 Å². The number of benzene rings is 1. The molecule has 7 nitrogen and oxygen atoms in total. The normalized spacial score (nSPS) is 16.9. The van der Waals surface area contributed by atoms with Gasteiger partial charge < -0.3 is 19.7 Å². The van der Waals surface area contributed by atoms with Crippen molar-refractivity contribution in [3.63, 3.8) is 0 Å². The van der Waals surface area contributed by atoms with Crippen LogP contribution in [0, 0.1) is 11.7 Å². The van der Waals surface area contributed by atoms with E-state index >= 15 is 0 Å². The van der Waals surface area contributed by atoms with E-state index in [9.17, 15) is 9.18 Å². The Morgan fingerprint density at radius 1 is 1.19 bits per heavy atom. The van der Waals surface area contributed by atoms with Crippen LogP contribution in [-0.2, 0) is 0 Å². The summed E-state index contributed by atoms with van der Waals surface area (Å²) in [5.74, 6) is 1.47. The van der Waals surface area contributed by atoms with Crippen LogP contribution < -0.4 is 19.7 Å². The zero-order valence-electron chi connectivity index (χ0n) is 14.9. The third kappa shape index (κ3) is 3.94. The van der Waals surface area contributed by atoms with Crippen LogP contribution >= 0.6 is 0 Å². The molecule has 3 heterocycles. The first-order chi connectivity index (χ1) is 13.2. The lowest BCUT2D eigenvalue weighted by atomic mass is 9.97. The van der Waals surface area contributed by atoms with E-state index in [1.54, 1.807) is 18.2 Å². The molecule has 27 heavy (non-hydrogen) atoms. The summed E-state index contributed by atoms with van der Waals surface area (Å²) >= 11 is 0. The minimum Gasteiger partial charge on any atom is -0.486 e. The van der Waals surface area contributed by atoms with Crippen molar-refractivity contribution in [3.8, 4) is 11.5 Å². The van der Waals surface area contributed by atoms with Gasteiger partial charge in [0.25, 0.3) is 5.91 Å². The number of carbonyl (C=O) groups excluding carboxylic acids is 1. The Hall–Kier alpha value is -2.90. The van der Waals surface area contributed by atoms with Gasteiger partial charge in [0.2, 0.25) is 5.95 Å². The Balaban J connectivity index is 1.30. The molecule has 1 aromatic heterocycles. The molecule has 1 fully saturated rings. The second kappa shape index (κ2) is 7.77. The van der Waals surface area contributed by atoms with Crippen LogP contribution in [0.2, 0.25) is 0 Å². The van der Waals surface area contributed by atoms with E-state index in [-0.39, 0.29) is 5.91 Å². The molecule has 1 aromatic carbocycles. The molecule has 2 aliphatic rings. The molecule has 0 saturated carbocycles. The predicted molar refractivity (Wildman–Crippen MR) is 96.7 cm³/mol. The highest BCUT2D eigenvalue weighted by Crippen LogP contribution is 2.33. The molecule has 0 spiro atoms. The van der Waals surface area contributed by atoms with Gasteiger partial charge in [0, 0.05) is 19.6 Å². The number of anilines is 1. The number of piperidine rings is 1. The molecular weight excluding hydrogens is 351 g/mol. The van der Waals surface area contributed by atoms with Crippen LogP contribution in [0.1, 0.15) is 23.2 Å². The van der Waals surface area contributed by atoms with E-state index < -0.39 is 5.82 Å². The summed E-state index contributed by atoms with van der Waals surface area (Å²) in [7, 11) is 0. The Morgan fingerprint density at radius 3 is 2.70 bits per heavy atom. The van der Waals surface area contributed by atoms with Crippen LogP contribution in [0.4, 0.5) is 10.3 Å². The average molecular weight is 372 g/mol. The lowest BCUT2D eigenvalue weighted by Gasteiger charge is -2.32. The number of halogens is 1. The third-order valence-electron chi connectivity index (χ3n) is 4.87. The van der Waals surface area contributed by atoms with Crippen molar-refractivity contribution in [3.05, 3.63) is 42.0 Å². The van der Waals surface area contributed by atoms with Crippen molar-refractivity contribution < 1.29 is 18.7 Å². The van der Waals surface area contributed by atoms with Gasteiger partial charge in [0.15, 0.2) is 17.3 Å². The highest BCUT2D eigenvalue weighted by Gasteiger charge is 2.24. The van der Waals surface area contributed by atoms with Gasteiger partial charge in [-0.15, -0.1) is 0 Å². The van der Waals surface area contributed by atoms with E-state index in [0.717, 1.165) is 25.9 Å². The number of nitrogens with zero attached hydrogens (tertiary/aromatic N) is 3. The van der Waals surface area contributed by atoms with Crippen molar-refractivity contribution in [2.24, 2.45) is 5.92 Å². The smallest absolute Gasteiger partial charge is 0.255 e. The van der Waals surface area contributed by atoms with E-state index in [1.807, 2.05) is 4.90 Å². The van der Waals surface area contributed by atoms with Gasteiger partial charge in [-0.2, -0.15) is 0 Å². The minimum absolute atomic E-state index is 0.151. The number of aromatic nitrogens is 2. The fourth-order valence-corrected chi connectivity index (χ4v) is 3.39. The fourth-order valence-electron chi connectivity index (χ4n) is 3.39. The second-order valence-corrected chi connectivity index (χ2v) is 6.67. The number of hydrogen-bond donors (Lipinski definition) is 1. The van der Waals surface area contributed by atoms with Crippen molar-refractivity contribution >= 4 is 11.9 Å². The highest BCUT2D eigenvalue weighted by atomic mass is 19.1. The molecule has 1 N–H and O–H groups in total. The van der Waals surface area contributed by atoms with Gasteiger partial charge in [-0.3, -0.25) is 4.79 Å². The maximum absolute atomic E-state index is 12.9. The largest absolute Gasteiger partial charge is 0.486 e. The molecule has 0 unspecified atom stereocenters.